The summed E-state index contributed by atoms with van der Waals surface area (Å²) in [5.74, 6) is 1.01. The summed E-state index contributed by atoms with van der Waals surface area (Å²) in [6.07, 6.45) is 7.60. The molecule has 0 saturated heterocycles. The monoisotopic (exact) mass is 274 g/mol. The Morgan fingerprint density at radius 1 is 1.13 bits per heavy atom. The topological polar surface area (TPSA) is 22.4 Å². The van der Waals surface area contributed by atoms with Crippen molar-refractivity contribution in [2.75, 3.05) is 18.5 Å². The third-order valence-corrected chi connectivity index (χ3v) is 2.81. The fraction of sp³-hybridized carbons (Fsp3) is 0.667. The van der Waals surface area contributed by atoms with Crippen LogP contribution in [-0.2, 0) is 11.2 Å². The van der Waals surface area contributed by atoms with Gasteiger partial charge >= 0.3 is 0 Å². The third kappa shape index (κ3) is 6.74. The van der Waals surface area contributed by atoms with Crippen molar-refractivity contribution in [2.24, 2.45) is 0 Å². The molecule has 1 aromatic rings. The maximum atomic E-state index is 5.52. The van der Waals surface area contributed by atoms with Crippen LogP contribution in [0.5, 0.6) is 0 Å². The Balaban J connectivity index is 1.81. The summed E-state index contributed by atoms with van der Waals surface area (Å²) in [5.41, 5.74) is 0. The molecule has 0 aliphatic heterocycles. The van der Waals surface area contributed by atoms with E-state index >= 15 is 0 Å². The standard InChI is InChI=1S/C12H19BrO2/c13-8-3-1-2-4-9-14-11-7-12-6-5-10-15-12/h5-6,10H,1-4,7-9,11H2. The SMILES string of the molecule is BrCCCCCCOCCc1ccco1. The second-order valence-corrected chi connectivity index (χ2v) is 4.34. The number of unbranched alkanes of at least 4 members (excludes halogenated alkanes) is 3. The summed E-state index contributed by atoms with van der Waals surface area (Å²) >= 11 is 3.42. The van der Waals surface area contributed by atoms with Gasteiger partial charge in [0.1, 0.15) is 5.76 Å². The summed E-state index contributed by atoms with van der Waals surface area (Å²) in [6, 6.07) is 3.90. The fourth-order valence-corrected chi connectivity index (χ4v) is 1.78. The van der Waals surface area contributed by atoms with Crippen molar-refractivity contribution in [3.8, 4) is 0 Å². The molecule has 15 heavy (non-hydrogen) atoms. The quantitative estimate of drug-likeness (QED) is 0.505. The molecule has 0 spiro atoms. The van der Waals surface area contributed by atoms with Gasteiger partial charge in [-0.2, -0.15) is 0 Å². The highest BCUT2D eigenvalue weighted by molar-refractivity contribution is 9.09. The molecule has 0 unspecified atom stereocenters. The fourth-order valence-electron chi connectivity index (χ4n) is 1.38. The van der Waals surface area contributed by atoms with E-state index in [1.165, 1.54) is 25.7 Å². The lowest BCUT2D eigenvalue weighted by atomic mass is 10.2. The minimum absolute atomic E-state index is 0.770. The zero-order valence-electron chi connectivity index (χ0n) is 9.08. The lowest BCUT2D eigenvalue weighted by Gasteiger charge is -2.02. The number of hydrogen-bond acceptors (Lipinski definition) is 2. The molecule has 0 aromatic carbocycles. The van der Waals surface area contributed by atoms with Gasteiger partial charge in [0.25, 0.3) is 0 Å². The Kier molecular flexibility index (Phi) is 7.66. The molecular weight excluding hydrogens is 256 g/mol. The average molecular weight is 275 g/mol. The van der Waals surface area contributed by atoms with Crippen molar-refractivity contribution in [3.05, 3.63) is 24.2 Å². The Labute approximate surface area is 100 Å². The first-order valence-electron chi connectivity index (χ1n) is 5.59. The van der Waals surface area contributed by atoms with Crippen molar-refractivity contribution in [1.82, 2.24) is 0 Å². The van der Waals surface area contributed by atoms with Gasteiger partial charge in [-0.15, -0.1) is 0 Å². The van der Waals surface area contributed by atoms with Crippen LogP contribution in [0.1, 0.15) is 31.4 Å². The van der Waals surface area contributed by atoms with Crippen LogP contribution in [0, 0.1) is 0 Å². The number of hydrogen-bond donors (Lipinski definition) is 0. The van der Waals surface area contributed by atoms with Crippen LogP contribution < -0.4 is 0 Å². The van der Waals surface area contributed by atoms with E-state index < -0.39 is 0 Å². The molecule has 0 bridgehead atoms. The highest BCUT2D eigenvalue weighted by Gasteiger charge is 1.95. The number of furan rings is 1. The van der Waals surface area contributed by atoms with Gasteiger partial charge in [0.05, 0.1) is 12.9 Å². The first kappa shape index (κ1) is 12.8. The van der Waals surface area contributed by atoms with Crippen LogP contribution in [0.25, 0.3) is 0 Å². The van der Waals surface area contributed by atoms with Crippen LogP contribution in [0.15, 0.2) is 22.8 Å². The van der Waals surface area contributed by atoms with Crippen molar-refractivity contribution < 1.29 is 9.15 Å². The third-order valence-electron chi connectivity index (χ3n) is 2.25. The molecule has 1 rings (SSSR count). The maximum absolute atomic E-state index is 5.52. The van der Waals surface area contributed by atoms with Gasteiger partial charge in [-0.25, -0.2) is 0 Å². The Morgan fingerprint density at radius 3 is 2.73 bits per heavy atom. The molecule has 0 fully saturated rings. The summed E-state index contributed by atoms with van der Waals surface area (Å²) in [7, 11) is 0. The van der Waals surface area contributed by atoms with Crippen LogP contribution in [0.4, 0.5) is 0 Å². The summed E-state index contributed by atoms with van der Waals surface area (Å²) in [4.78, 5) is 0. The van der Waals surface area contributed by atoms with E-state index in [9.17, 15) is 0 Å². The summed E-state index contributed by atoms with van der Waals surface area (Å²) < 4.78 is 10.7. The molecule has 1 heterocycles. The second kappa shape index (κ2) is 8.98. The molecule has 0 N–H and O–H groups in total. The van der Waals surface area contributed by atoms with Gasteiger partial charge in [0, 0.05) is 18.4 Å². The van der Waals surface area contributed by atoms with Crippen LogP contribution in [-0.4, -0.2) is 18.5 Å². The minimum Gasteiger partial charge on any atom is -0.469 e. The highest BCUT2D eigenvalue weighted by Crippen LogP contribution is 2.03. The zero-order valence-corrected chi connectivity index (χ0v) is 10.7. The molecule has 2 nitrogen and oxygen atoms in total. The molecule has 0 radical (unpaired) electrons. The maximum Gasteiger partial charge on any atom is 0.106 e. The first-order chi connectivity index (χ1) is 7.43. The van der Waals surface area contributed by atoms with Crippen molar-refractivity contribution in [1.29, 1.82) is 0 Å². The van der Waals surface area contributed by atoms with E-state index in [1.807, 2.05) is 12.1 Å². The smallest absolute Gasteiger partial charge is 0.106 e. The van der Waals surface area contributed by atoms with E-state index in [1.54, 1.807) is 6.26 Å². The minimum atomic E-state index is 0.770. The van der Waals surface area contributed by atoms with E-state index in [2.05, 4.69) is 15.9 Å². The first-order valence-corrected chi connectivity index (χ1v) is 6.71. The molecule has 0 aliphatic carbocycles. The van der Waals surface area contributed by atoms with E-state index in [0.717, 1.165) is 30.7 Å². The number of alkyl halides is 1. The molecule has 3 heteroatoms. The number of ether oxygens (including phenoxy) is 1. The lowest BCUT2D eigenvalue weighted by Crippen LogP contribution is -1.99. The molecule has 0 saturated carbocycles. The predicted molar refractivity (Wildman–Crippen MR) is 65.5 cm³/mol. The summed E-state index contributed by atoms with van der Waals surface area (Å²) in [6.45, 7) is 1.65. The number of halogens is 1. The molecule has 1 aromatic heterocycles. The van der Waals surface area contributed by atoms with Crippen LogP contribution in [0.3, 0.4) is 0 Å². The van der Waals surface area contributed by atoms with E-state index in [0.29, 0.717) is 0 Å². The molecule has 86 valence electrons. The van der Waals surface area contributed by atoms with E-state index in [-0.39, 0.29) is 0 Å². The van der Waals surface area contributed by atoms with E-state index in [4.69, 9.17) is 9.15 Å². The largest absolute Gasteiger partial charge is 0.469 e. The van der Waals surface area contributed by atoms with Gasteiger partial charge < -0.3 is 9.15 Å². The molecule has 0 atom stereocenters. The van der Waals surface area contributed by atoms with Crippen molar-refractivity contribution >= 4 is 15.9 Å². The predicted octanol–water partition coefficient (Wildman–Crippen LogP) is 3.79. The Hall–Kier alpha value is -0.280. The highest BCUT2D eigenvalue weighted by atomic mass is 79.9. The van der Waals surface area contributed by atoms with Crippen LogP contribution >= 0.6 is 15.9 Å². The second-order valence-electron chi connectivity index (χ2n) is 3.54. The summed E-state index contributed by atoms with van der Waals surface area (Å²) in [5, 5.41) is 1.12. The Bertz CT molecular complexity index is 222. The van der Waals surface area contributed by atoms with Crippen molar-refractivity contribution in [2.45, 2.75) is 32.1 Å². The number of rotatable bonds is 9. The molecule has 0 aliphatic rings. The van der Waals surface area contributed by atoms with Crippen molar-refractivity contribution in [3.63, 3.8) is 0 Å². The van der Waals surface area contributed by atoms with Gasteiger partial charge in [-0.3, -0.25) is 0 Å². The average Bonchev–Trinajstić information content (AvgIpc) is 2.75. The molecular formula is C12H19BrO2. The lowest BCUT2D eigenvalue weighted by molar-refractivity contribution is 0.129. The van der Waals surface area contributed by atoms with Crippen LogP contribution in [0.2, 0.25) is 0 Å². The zero-order chi connectivity index (χ0) is 10.8. The van der Waals surface area contributed by atoms with Gasteiger partial charge in [-0.1, -0.05) is 28.8 Å². The van der Waals surface area contributed by atoms with Gasteiger partial charge in [-0.05, 0) is 25.0 Å². The Morgan fingerprint density at radius 2 is 2.00 bits per heavy atom. The normalized spacial score (nSPS) is 10.7. The van der Waals surface area contributed by atoms with Gasteiger partial charge in [0.2, 0.25) is 0 Å². The molecule has 0 amide bonds. The van der Waals surface area contributed by atoms with Gasteiger partial charge in [0.15, 0.2) is 0 Å².